The predicted octanol–water partition coefficient (Wildman–Crippen LogP) is -1.17. The molecule has 1 aromatic rings. The average molecular weight is 181 g/mol. The van der Waals surface area contributed by atoms with Gasteiger partial charge in [-0.1, -0.05) is 30.3 Å². The van der Waals surface area contributed by atoms with Crippen molar-refractivity contribution in [2.45, 2.75) is 12.2 Å². The van der Waals surface area contributed by atoms with Gasteiger partial charge in [0.1, 0.15) is 12.2 Å². The second kappa shape index (κ2) is 4.02. The van der Waals surface area contributed by atoms with Crippen LogP contribution in [-0.4, -0.2) is 22.3 Å². The zero-order valence-electron chi connectivity index (χ0n) is 6.75. The molecule has 2 atom stereocenters. The monoisotopic (exact) mass is 181 g/mol. The van der Waals surface area contributed by atoms with Crippen molar-refractivity contribution in [3.8, 4) is 0 Å². The van der Waals surface area contributed by atoms with Gasteiger partial charge in [-0.25, -0.2) is 0 Å². The molecule has 0 aliphatic rings. The molecule has 2 N–H and O–H groups in total. The molecule has 70 valence electrons. The molecule has 1 rings (SSSR count). The Kier molecular flexibility index (Phi) is 3.00. The molecule has 13 heavy (non-hydrogen) atoms. The van der Waals surface area contributed by atoms with Gasteiger partial charge in [-0.15, -0.1) is 0 Å². The van der Waals surface area contributed by atoms with Gasteiger partial charge in [0.25, 0.3) is 0 Å². The summed E-state index contributed by atoms with van der Waals surface area (Å²) in [5, 5.41) is 28.4. The van der Waals surface area contributed by atoms with Crippen molar-refractivity contribution in [2.24, 2.45) is 0 Å². The van der Waals surface area contributed by atoms with E-state index in [9.17, 15) is 15.0 Å². The largest absolute Gasteiger partial charge is 0.547 e. The van der Waals surface area contributed by atoms with Gasteiger partial charge < -0.3 is 20.1 Å². The third-order valence-electron chi connectivity index (χ3n) is 1.68. The van der Waals surface area contributed by atoms with E-state index in [4.69, 9.17) is 5.11 Å². The van der Waals surface area contributed by atoms with Crippen LogP contribution in [0.5, 0.6) is 0 Å². The average Bonchev–Trinajstić information content (AvgIpc) is 2.17. The number of aliphatic hydroxyl groups is 2. The quantitative estimate of drug-likeness (QED) is 0.615. The molecule has 0 aliphatic heterocycles. The number of carbonyl (C=O) groups excluding carboxylic acids is 1. The van der Waals surface area contributed by atoms with E-state index in [0.717, 1.165) is 0 Å². The zero-order chi connectivity index (χ0) is 9.84. The Bertz CT molecular complexity index is 283. The zero-order valence-corrected chi connectivity index (χ0v) is 6.75. The van der Waals surface area contributed by atoms with Gasteiger partial charge in [-0.2, -0.15) is 0 Å². The van der Waals surface area contributed by atoms with E-state index in [2.05, 4.69) is 0 Å². The Labute approximate surface area is 75.1 Å². The molecule has 0 fully saturated rings. The lowest BCUT2D eigenvalue weighted by atomic mass is 10.1. The van der Waals surface area contributed by atoms with E-state index >= 15 is 0 Å². The lowest BCUT2D eigenvalue weighted by Gasteiger charge is -2.18. The van der Waals surface area contributed by atoms with Crippen LogP contribution in [0.2, 0.25) is 0 Å². The summed E-state index contributed by atoms with van der Waals surface area (Å²) in [5.41, 5.74) is 0.346. The summed E-state index contributed by atoms with van der Waals surface area (Å²) in [7, 11) is 0. The molecule has 0 saturated heterocycles. The number of hydrogen-bond donors (Lipinski definition) is 2. The van der Waals surface area contributed by atoms with Gasteiger partial charge in [0, 0.05) is 0 Å². The number of benzene rings is 1. The lowest BCUT2D eigenvalue weighted by Crippen LogP contribution is -2.39. The second-order valence-electron chi connectivity index (χ2n) is 2.62. The van der Waals surface area contributed by atoms with E-state index in [-0.39, 0.29) is 0 Å². The minimum Gasteiger partial charge on any atom is -0.547 e. The van der Waals surface area contributed by atoms with Crippen LogP contribution in [-0.2, 0) is 4.79 Å². The molecule has 1 aromatic carbocycles. The molecule has 0 heterocycles. The molecule has 0 amide bonds. The van der Waals surface area contributed by atoms with Crippen molar-refractivity contribution < 1.29 is 20.1 Å². The number of rotatable bonds is 3. The highest BCUT2D eigenvalue weighted by atomic mass is 16.4. The summed E-state index contributed by atoms with van der Waals surface area (Å²) in [5.74, 6) is -1.68. The van der Waals surface area contributed by atoms with Gasteiger partial charge in [0.2, 0.25) is 0 Å². The smallest absolute Gasteiger partial charge is 0.123 e. The topological polar surface area (TPSA) is 80.6 Å². The molecule has 0 aromatic heterocycles. The van der Waals surface area contributed by atoms with E-state index < -0.39 is 18.2 Å². The Balaban J connectivity index is 2.79. The van der Waals surface area contributed by atoms with Crippen LogP contribution in [0.1, 0.15) is 11.7 Å². The standard InChI is InChI=1S/C9H10O4/c10-7(8(11)9(12)13)6-4-2-1-3-5-6/h1-5,7-8,10-11H,(H,12,13)/p-1/t7-,8+/m0/s1. The van der Waals surface area contributed by atoms with Crippen LogP contribution < -0.4 is 5.11 Å². The molecule has 0 bridgehead atoms. The van der Waals surface area contributed by atoms with Crippen LogP contribution in [0.15, 0.2) is 30.3 Å². The van der Waals surface area contributed by atoms with Crippen LogP contribution in [0, 0.1) is 0 Å². The highest BCUT2D eigenvalue weighted by Gasteiger charge is 2.18. The maximum absolute atomic E-state index is 10.2. The van der Waals surface area contributed by atoms with Crippen molar-refractivity contribution in [3.05, 3.63) is 35.9 Å². The number of carbonyl (C=O) groups is 1. The van der Waals surface area contributed by atoms with Crippen LogP contribution in [0.4, 0.5) is 0 Å². The van der Waals surface area contributed by atoms with Gasteiger partial charge in [0.15, 0.2) is 0 Å². The van der Waals surface area contributed by atoms with Crippen LogP contribution in [0.25, 0.3) is 0 Å². The summed E-state index contributed by atoms with van der Waals surface area (Å²) >= 11 is 0. The molecular formula is C9H9O4-. The SMILES string of the molecule is O=C([O-])[C@H](O)[C@@H](O)c1ccccc1. The molecule has 4 nitrogen and oxygen atoms in total. The first kappa shape index (κ1) is 9.70. The van der Waals surface area contributed by atoms with E-state index in [1.807, 2.05) is 0 Å². The van der Waals surface area contributed by atoms with Crippen molar-refractivity contribution >= 4 is 5.97 Å². The predicted molar refractivity (Wildman–Crippen MR) is 42.4 cm³/mol. The van der Waals surface area contributed by atoms with Crippen LogP contribution >= 0.6 is 0 Å². The van der Waals surface area contributed by atoms with Gasteiger partial charge >= 0.3 is 0 Å². The van der Waals surface area contributed by atoms with Gasteiger partial charge in [-0.3, -0.25) is 0 Å². The molecule has 0 radical (unpaired) electrons. The minimum absolute atomic E-state index is 0.346. The molecule has 0 saturated carbocycles. The molecule has 0 spiro atoms. The summed E-state index contributed by atoms with van der Waals surface area (Å²) in [4.78, 5) is 10.2. The summed E-state index contributed by atoms with van der Waals surface area (Å²) in [6.07, 6.45) is -3.33. The number of hydrogen-bond acceptors (Lipinski definition) is 4. The van der Waals surface area contributed by atoms with E-state index in [0.29, 0.717) is 5.56 Å². The maximum atomic E-state index is 10.2. The Morgan fingerprint density at radius 3 is 2.23 bits per heavy atom. The fourth-order valence-corrected chi connectivity index (χ4v) is 0.961. The Hall–Kier alpha value is -1.39. The number of aliphatic hydroxyl groups excluding tert-OH is 2. The van der Waals surface area contributed by atoms with Crippen molar-refractivity contribution in [1.29, 1.82) is 0 Å². The fraction of sp³-hybridized carbons (Fsp3) is 0.222. The molecule has 0 unspecified atom stereocenters. The summed E-state index contributed by atoms with van der Waals surface area (Å²) < 4.78 is 0. The van der Waals surface area contributed by atoms with Crippen molar-refractivity contribution in [1.82, 2.24) is 0 Å². The minimum atomic E-state index is -1.89. The number of aliphatic carboxylic acids is 1. The first-order valence-corrected chi connectivity index (χ1v) is 3.75. The van der Waals surface area contributed by atoms with E-state index in [1.165, 1.54) is 12.1 Å². The summed E-state index contributed by atoms with van der Waals surface area (Å²) in [6, 6.07) is 8.05. The van der Waals surface area contributed by atoms with E-state index in [1.54, 1.807) is 18.2 Å². The van der Waals surface area contributed by atoms with Crippen molar-refractivity contribution in [2.75, 3.05) is 0 Å². The van der Waals surface area contributed by atoms with Gasteiger partial charge in [0.05, 0.1) is 5.97 Å². The maximum Gasteiger partial charge on any atom is 0.123 e. The highest BCUT2D eigenvalue weighted by molar-refractivity contribution is 5.70. The third kappa shape index (κ3) is 2.27. The molecule has 4 heteroatoms. The second-order valence-corrected chi connectivity index (χ2v) is 2.62. The molecule has 0 aliphatic carbocycles. The molecular weight excluding hydrogens is 172 g/mol. The number of carboxylic acids is 1. The normalized spacial score (nSPS) is 14.9. The van der Waals surface area contributed by atoms with Crippen molar-refractivity contribution in [3.63, 3.8) is 0 Å². The fourth-order valence-electron chi connectivity index (χ4n) is 0.961. The Morgan fingerprint density at radius 1 is 1.23 bits per heavy atom. The third-order valence-corrected chi connectivity index (χ3v) is 1.68. The Morgan fingerprint density at radius 2 is 1.77 bits per heavy atom. The first-order valence-electron chi connectivity index (χ1n) is 3.75. The number of carboxylic acid groups (broad SMARTS) is 1. The first-order chi connectivity index (χ1) is 6.13. The summed E-state index contributed by atoms with van der Waals surface area (Å²) in [6.45, 7) is 0. The highest BCUT2D eigenvalue weighted by Crippen LogP contribution is 2.15. The van der Waals surface area contributed by atoms with Crippen LogP contribution in [0.3, 0.4) is 0 Å². The lowest BCUT2D eigenvalue weighted by molar-refractivity contribution is -0.318. The van der Waals surface area contributed by atoms with Gasteiger partial charge in [-0.05, 0) is 5.56 Å².